The third-order valence-corrected chi connectivity index (χ3v) is 1.73. The molecule has 0 aromatic carbocycles. The molecule has 0 spiro atoms. The van der Waals surface area contributed by atoms with E-state index in [-0.39, 0.29) is 5.97 Å². The van der Waals surface area contributed by atoms with Crippen LogP contribution in [0.5, 0.6) is 0 Å². The van der Waals surface area contributed by atoms with Gasteiger partial charge in [-0.05, 0) is 13.3 Å². The number of nitrogens with zero attached hydrogens (tertiary/aromatic N) is 2. The molecule has 1 rings (SSSR count). The maximum atomic E-state index is 10.1. The van der Waals surface area contributed by atoms with Gasteiger partial charge in [-0.25, -0.2) is 4.98 Å². The monoisotopic (exact) mass is 212 g/mol. The van der Waals surface area contributed by atoms with E-state index in [1.54, 1.807) is 12.5 Å². The van der Waals surface area contributed by atoms with Crippen molar-refractivity contribution in [1.82, 2.24) is 9.55 Å². The van der Waals surface area contributed by atoms with Crippen LogP contribution in [0.1, 0.15) is 33.6 Å². The Labute approximate surface area is 91.3 Å². The van der Waals surface area contributed by atoms with Crippen molar-refractivity contribution in [2.24, 2.45) is 0 Å². The van der Waals surface area contributed by atoms with Gasteiger partial charge in [0.15, 0.2) is 0 Å². The fourth-order valence-electron chi connectivity index (χ4n) is 0.834. The van der Waals surface area contributed by atoms with Crippen LogP contribution in [0.4, 0.5) is 0 Å². The number of aryl methyl sites for hydroxylation is 1. The van der Waals surface area contributed by atoms with Crippen molar-refractivity contribution in [2.75, 3.05) is 6.61 Å². The lowest BCUT2D eigenvalue weighted by Crippen LogP contribution is -1.99. The molecule has 0 aliphatic rings. The Hall–Kier alpha value is -1.32. The van der Waals surface area contributed by atoms with Crippen LogP contribution >= 0.6 is 0 Å². The van der Waals surface area contributed by atoms with Gasteiger partial charge in [-0.3, -0.25) is 4.79 Å². The van der Waals surface area contributed by atoms with E-state index in [1.807, 2.05) is 10.8 Å². The fraction of sp³-hybridized carbons (Fsp3) is 0.636. The zero-order valence-corrected chi connectivity index (χ0v) is 9.77. The number of esters is 1. The Morgan fingerprint density at radius 1 is 1.47 bits per heavy atom. The molecule has 4 heteroatoms. The average molecular weight is 212 g/mol. The standard InChI is InChI=1S/C6H12O2.C5H8N2/c1-3-4-5-8-6(2)7;1-2-7-4-3-6-5-7/h3-5H2,1-2H3;3-5H,2H2,1H3. The molecule has 15 heavy (non-hydrogen) atoms. The maximum absolute atomic E-state index is 10.1. The van der Waals surface area contributed by atoms with E-state index in [4.69, 9.17) is 0 Å². The predicted octanol–water partition coefficient (Wildman–Crippen LogP) is 2.25. The van der Waals surface area contributed by atoms with Gasteiger partial charge >= 0.3 is 5.97 Å². The molecule has 1 heterocycles. The largest absolute Gasteiger partial charge is 0.466 e. The molecule has 86 valence electrons. The molecule has 0 bridgehead atoms. The average Bonchev–Trinajstić information content (AvgIpc) is 2.71. The topological polar surface area (TPSA) is 44.1 Å². The normalized spacial score (nSPS) is 9.00. The Kier molecular flexibility index (Phi) is 8.43. The molecule has 4 nitrogen and oxygen atoms in total. The molecule has 0 saturated carbocycles. The first-order chi connectivity index (χ1) is 7.20. The lowest BCUT2D eigenvalue weighted by Gasteiger charge is -1.96. The summed E-state index contributed by atoms with van der Waals surface area (Å²) >= 11 is 0. The van der Waals surface area contributed by atoms with Crippen LogP contribution in [0.3, 0.4) is 0 Å². The van der Waals surface area contributed by atoms with Crippen LogP contribution in [-0.2, 0) is 16.1 Å². The SMILES string of the molecule is CCCCOC(C)=O.CCn1ccnc1. The van der Waals surface area contributed by atoms with E-state index < -0.39 is 0 Å². The highest BCUT2D eigenvalue weighted by Gasteiger charge is 1.88. The van der Waals surface area contributed by atoms with Gasteiger partial charge in [0.2, 0.25) is 0 Å². The van der Waals surface area contributed by atoms with Crippen molar-refractivity contribution in [1.29, 1.82) is 0 Å². The Morgan fingerprint density at radius 3 is 2.53 bits per heavy atom. The van der Waals surface area contributed by atoms with Crippen molar-refractivity contribution in [3.63, 3.8) is 0 Å². The lowest BCUT2D eigenvalue weighted by atomic mass is 10.4. The number of hydrogen-bond acceptors (Lipinski definition) is 3. The second-order valence-corrected chi connectivity index (χ2v) is 3.09. The second kappa shape index (κ2) is 9.24. The molecule has 0 aliphatic carbocycles. The number of carbonyl (C=O) groups excluding carboxylic acids is 1. The minimum atomic E-state index is -0.182. The summed E-state index contributed by atoms with van der Waals surface area (Å²) in [5, 5.41) is 0. The summed E-state index contributed by atoms with van der Waals surface area (Å²) in [4.78, 5) is 14.0. The van der Waals surface area contributed by atoms with Gasteiger partial charge in [-0.15, -0.1) is 0 Å². The number of ether oxygens (including phenoxy) is 1. The Bertz CT molecular complexity index is 245. The lowest BCUT2D eigenvalue weighted by molar-refractivity contribution is -0.141. The number of rotatable bonds is 4. The van der Waals surface area contributed by atoms with E-state index in [1.165, 1.54) is 6.92 Å². The third-order valence-electron chi connectivity index (χ3n) is 1.73. The highest BCUT2D eigenvalue weighted by atomic mass is 16.5. The van der Waals surface area contributed by atoms with Gasteiger partial charge < -0.3 is 9.30 Å². The van der Waals surface area contributed by atoms with Crippen LogP contribution in [0.15, 0.2) is 18.7 Å². The van der Waals surface area contributed by atoms with Crippen molar-refractivity contribution < 1.29 is 9.53 Å². The van der Waals surface area contributed by atoms with Gasteiger partial charge in [-0.1, -0.05) is 13.3 Å². The first kappa shape index (κ1) is 13.7. The molecular weight excluding hydrogens is 192 g/mol. The summed E-state index contributed by atoms with van der Waals surface area (Å²) in [6, 6.07) is 0. The molecule has 0 fully saturated rings. The number of imidazole rings is 1. The summed E-state index contributed by atoms with van der Waals surface area (Å²) in [5.74, 6) is -0.182. The summed E-state index contributed by atoms with van der Waals surface area (Å²) in [7, 11) is 0. The van der Waals surface area contributed by atoms with Crippen LogP contribution < -0.4 is 0 Å². The van der Waals surface area contributed by atoms with Crippen molar-refractivity contribution >= 4 is 5.97 Å². The van der Waals surface area contributed by atoms with E-state index in [0.717, 1.165) is 19.4 Å². The molecule has 0 aliphatic heterocycles. The second-order valence-electron chi connectivity index (χ2n) is 3.09. The number of unbranched alkanes of at least 4 members (excludes halogenated alkanes) is 1. The van der Waals surface area contributed by atoms with Gasteiger partial charge in [0.25, 0.3) is 0 Å². The van der Waals surface area contributed by atoms with Gasteiger partial charge in [0, 0.05) is 25.9 Å². The van der Waals surface area contributed by atoms with Gasteiger partial charge in [0.1, 0.15) is 0 Å². The molecule has 0 amide bonds. The van der Waals surface area contributed by atoms with Crippen molar-refractivity contribution in [3.05, 3.63) is 18.7 Å². The zero-order chi connectivity index (χ0) is 11.5. The summed E-state index contributed by atoms with van der Waals surface area (Å²) in [5.41, 5.74) is 0. The molecular formula is C11H20N2O2. The van der Waals surface area contributed by atoms with Crippen molar-refractivity contribution in [2.45, 2.75) is 40.2 Å². The molecule has 0 unspecified atom stereocenters. The van der Waals surface area contributed by atoms with Gasteiger partial charge in [0.05, 0.1) is 12.9 Å². The number of aromatic nitrogens is 2. The van der Waals surface area contributed by atoms with E-state index >= 15 is 0 Å². The number of carbonyl (C=O) groups is 1. The minimum absolute atomic E-state index is 0.182. The maximum Gasteiger partial charge on any atom is 0.302 e. The Balaban J connectivity index is 0.000000262. The molecule has 1 aromatic rings. The summed E-state index contributed by atoms with van der Waals surface area (Å²) in [6.07, 6.45) is 7.58. The molecule has 0 radical (unpaired) electrons. The third kappa shape index (κ3) is 9.00. The smallest absolute Gasteiger partial charge is 0.302 e. The molecule has 0 atom stereocenters. The van der Waals surface area contributed by atoms with Crippen LogP contribution in [0, 0.1) is 0 Å². The van der Waals surface area contributed by atoms with E-state index in [0.29, 0.717) is 6.61 Å². The molecule has 0 N–H and O–H groups in total. The van der Waals surface area contributed by atoms with E-state index in [9.17, 15) is 4.79 Å². The summed E-state index contributed by atoms with van der Waals surface area (Å²) in [6.45, 7) is 7.16. The number of hydrogen-bond donors (Lipinski definition) is 0. The fourth-order valence-corrected chi connectivity index (χ4v) is 0.834. The molecule has 1 aromatic heterocycles. The summed E-state index contributed by atoms with van der Waals surface area (Å²) < 4.78 is 6.66. The Morgan fingerprint density at radius 2 is 2.20 bits per heavy atom. The predicted molar refractivity (Wildman–Crippen MR) is 59.4 cm³/mol. The first-order valence-corrected chi connectivity index (χ1v) is 5.29. The first-order valence-electron chi connectivity index (χ1n) is 5.29. The molecule has 0 saturated heterocycles. The van der Waals surface area contributed by atoms with Gasteiger partial charge in [-0.2, -0.15) is 0 Å². The van der Waals surface area contributed by atoms with Crippen LogP contribution in [0.2, 0.25) is 0 Å². The zero-order valence-electron chi connectivity index (χ0n) is 9.77. The highest BCUT2D eigenvalue weighted by molar-refractivity contribution is 5.65. The minimum Gasteiger partial charge on any atom is -0.466 e. The van der Waals surface area contributed by atoms with Crippen LogP contribution in [-0.4, -0.2) is 22.1 Å². The van der Waals surface area contributed by atoms with Crippen LogP contribution in [0.25, 0.3) is 0 Å². The van der Waals surface area contributed by atoms with Crippen molar-refractivity contribution in [3.8, 4) is 0 Å². The highest BCUT2D eigenvalue weighted by Crippen LogP contribution is 1.86. The van der Waals surface area contributed by atoms with E-state index in [2.05, 4.69) is 23.6 Å². The quantitative estimate of drug-likeness (QED) is 0.568.